The van der Waals surface area contributed by atoms with Crippen LogP contribution in [0.3, 0.4) is 0 Å². The fourth-order valence-electron chi connectivity index (χ4n) is 0.907. The van der Waals surface area contributed by atoms with E-state index in [-0.39, 0.29) is 16.3 Å². The van der Waals surface area contributed by atoms with Crippen molar-refractivity contribution in [3.8, 4) is 0 Å². The summed E-state index contributed by atoms with van der Waals surface area (Å²) in [5.41, 5.74) is 5.19. The summed E-state index contributed by atoms with van der Waals surface area (Å²) in [7, 11) is 1.43. The van der Waals surface area contributed by atoms with E-state index in [4.69, 9.17) is 17.3 Å². The van der Waals surface area contributed by atoms with E-state index in [0.29, 0.717) is 0 Å². The van der Waals surface area contributed by atoms with Gasteiger partial charge in [0.25, 0.3) is 5.91 Å². The third-order valence-corrected chi connectivity index (χ3v) is 1.78. The maximum atomic E-state index is 12.9. The summed E-state index contributed by atoms with van der Waals surface area (Å²) in [6.07, 6.45) is 0. The normalized spacial score (nSPS) is 9.77. The van der Waals surface area contributed by atoms with Gasteiger partial charge in [-0.15, -0.1) is 0 Å². The minimum atomic E-state index is -0.689. The summed E-state index contributed by atoms with van der Waals surface area (Å²) in [4.78, 5) is 11.1. The zero-order valence-corrected chi connectivity index (χ0v) is 7.65. The lowest BCUT2D eigenvalue weighted by atomic mass is 10.1. The van der Waals surface area contributed by atoms with E-state index in [9.17, 15) is 9.18 Å². The molecule has 0 bridgehead atoms. The number of amides is 1. The molecule has 0 radical (unpaired) electrons. The Morgan fingerprint density at radius 2 is 2.23 bits per heavy atom. The van der Waals surface area contributed by atoms with E-state index in [0.717, 1.165) is 6.07 Å². The van der Waals surface area contributed by atoms with Crippen LogP contribution >= 0.6 is 11.6 Å². The van der Waals surface area contributed by atoms with Crippen LogP contribution in [0, 0.1) is 5.82 Å². The van der Waals surface area contributed by atoms with Crippen molar-refractivity contribution in [2.24, 2.45) is 0 Å². The van der Waals surface area contributed by atoms with Crippen LogP contribution in [0.25, 0.3) is 0 Å². The van der Waals surface area contributed by atoms with Crippen molar-refractivity contribution in [3.05, 3.63) is 28.5 Å². The van der Waals surface area contributed by atoms with Crippen molar-refractivity contribution >= 4 is 23.2 Å². The van der Waals surface area contributed by atoms with E-state index in [1.54, 1.807) is 0 Å². The first kappa shape index (κ1) is 9.80. The molecule has 0 aliphatic carbocycles. The highest BCUT2D eigenvalue weighted by atomic mass is 35.5. The van der Waals surface area contributed by atoms with Crippen molar-refractivity contribution in [3.63, 3.8) is 0 Å². The molecule has 13 heavy (non-hydrogen) atoms. The monoisotopic (exact) mass is 202 g/mol. The molecule has 0 aromatic heterocycles. The van der Waals surface area contributed by atoms with Crippen molar-refractivity contribution in [2.75, 3.05) is 12.8 Å². The van der Waals surface area contributed by atoms with Gasteiger partial charge in [-0.05, 0) is 12.1 Å². The standard InChI is InChI=1S/C8H8ClFN2O/c1-12-8(13)5-2-4(9)3-6(10)7(5)11/h2-3H,11H2,1H3,(H,12,13). The molecule has 0 heterocycles. The first-order valence-electron chi connectivity index (χ1n) is 3.53. The summed E-state index contributed by atoms with van der Waals surface area (Å²) in [6, 6.07) is 2.38. The highest BCUT2D eigenvalue weighted by molar-refractivity contribution is 6.31. The van der Waals surface area contributed by atoms with Crippen LogP contribution in [0.15, 0.2) is 12.1 Å². The third-order valence-electron chi connectivity index (χ3n) is 1.57. The Kier molecular flexibility index (Phi) is 2.72. The molecule has 0 unspecified atom stereocenters. The van der Waals surface area contributed by atoms with E-state index in [1.165, 1.54) is 13.1 Å². The number of nitrogens with one attached hydrogen (secondary N) is 1. The maximum absolute atomic E-state index is 12.9. The zero-order valence-electron chi connectivity index (χ0n) is 6.90. The van der Waals surface area contributed by atoms with Gasteiger partial charge in [0.05, 0.1) is 11.3 Å². The number of benzene rings is 1. The maximum Gasteiger partial charge on any atom is 0.253 e. The highest BCUT2D eigenvalue weighted by Gasteiger charge is 2.12. The molecule has 70 valence electrons. The van der Waals surface area contributed by atoms with Crippen molar-refractivity contribution in [1.29, 1.82) is 0 Å². The van der Waals surface area contributed by atoms with Gasteiger partial charge in [0, 0.05) is 12.1 Å². The molecule has 0 saturated carbocycles. The molecular weight excluding hydrogens is 195 g/mol. The summed E-state index contributed by atoms with van der Waals surface area (Å²) < 4.78 is 12.9. The summed E-state index contributed by atoms with van der Waals surface area (Å²) >= 11 is 5.55. The topological polar surface area (TPSA) is 55.1 Å². The average Bonchev–Trinajstić information content (AvgIpc) is 2.10. The second-order valence-electron chi connectivity index (χ2n) is 2.43. The number of rotatable bonds is 1. The number of carbonyl (C=O) groups is 1. The second-order valence-corrected chi connectivity index (χ2v) is 2.86. The molecule has 5 heteroatoms. The van der Waals surface area contributed by atoms with Gasteiger partial charge in [0.15, 0.2) is 0 Å². The molecule has 1 aromatic rings. The van der Waals surface area contributed by atoms with Crippen LogP contribution in [-0.2, 0) is 0 Å². The van der Waals surface area contributed by atoms with E-state index in [1.807, 2.05) is 0 Å². The van der Waals surface area contributed by atoms with Gasteiger partial charge in [0.2, 0.25) is 0 Å². The van der Waals surface area contributed by atoms with E-state index in [2.05, 4.69) is 5.32 Å². The summed E-state index contributed by atoms with van der Waals surface area (Å²) in [5, 5.41) is 2.48. The van der Waals surface area contributed by atoms with Gasteiger partial charge in [0.1, 0.15) is 5.82 Å². The van der Waals surface area contributed by atoms with Crippen LogP contribution in [0.4, 0.5) is 10.1 Å². The molecule has 1 amide bonds. The molecule has 0 saturated heterocycles. The lowest BCUT2D eigenvalue weighted by molar-refractivity contribution is 0.0963. The molecule has 0 fully saturated rings. The number of anilines is 1. The summed E-state index contributed by atoms with van der Waals surface area (Å²) in [6.45, 7) is 0. The fourth-order valence-corrected chi connectivity index (χ4v) is 1.11. The molecule has 3 nitrogen and oxygen atoms in total. The minimum absolute atomic E-state index is 0.0486. The first-order chi connectivity index (χ1) is 6.06. The predicted octanol–water partition coefficient (Wildman–Crippen LogP) is 1.42. The lowest BCUT2D eigenvalue weighted by Gasteiger charge is -2.05. The molecule has 0 spiro atoms. The molecule has 0 atom stereocenters. The second kappa shape index (κ2) is 3.62. The van der Waals surface area contributed by atoms with Crippen molar-refractivity contribution in [2.45, 2.75) is 0 Å². The molecule has 1 rings (SSSR count). The minimum Gasteiger partial charge on any atom is -0.396 e. The Bertz CT molecular complexity index is 354. The van der Waals surface area contributed by atoms with E-state index >= 15 is 0 Å². The average molecular weight is 203 g/mol. The summed E-state index contributed by atoms with van der Waals surface area (Å²) in [5.74, 6) is -1.15. The zero-order chi connectivity index (χ0) is 10.0. The van der Waals surface area contributed by atoms with Gasteiger partial charge in [-0.1, -0.05) is 11.6 Å². The molecular formula is C8H8ClFN2O. The number of halogens is 2. The lowest BCUT2D eigenvalue weighted by Crippen LogP contribution is -2.19. The van der Waals surface area contributed by atoms with Crippen molar-refractivity contribution < 1.29 is 9.18 Å². The number of carbonyl (C=O) groups excluding carboxylic acids is 1. The Morgan fingerprint density at radius 1 is 1.62 bits per heavy atom. The molecule has 0 aliphatic heterocycles. The number of hydrogen-bond donors (Lipinski definition) is 2. The smallest absolute Gasteiger partial charge is 0.253 e. The van der Waals surface area contributed by atoms with Gasteiger partial charge in [-0.25, -0.2) is 4.39 Å². The van der Waals surface area contributed by atoms with Crippen LogP contribution in [0.2, 0.25) is 5.02 Å². The molecule has 0 aliphatic rings. The van der Waals surface area contributed by atoms with Crippen molar-refractivity contribution in [1.82, 2.24) is 5.32 Å². The van der Waals surface area contributed by atoms with Crippen LogP contribution in [0.5, 0.6) is 0 Å². The quantitative estimate of drug-likeness (QED) is 0.677. The Labute approximate surface area is 79.7 Å². The fraction of sp³-hybridized carbons (Fsp3) is 0.125. The van der Waals surface area contributed by atoms with Gasteiger partial charge in [-0.3, -0.25) is 4.79 Å². The Balaban J connectivity index is 3.28. The van der Waals surface area contributed by atoms with Crippen LogP contribution in [-0.4, -0.2) is 13.0 Å². The highest BCUT2D eigenvalue weighted by Crippen LogP contribution is 2.21. The predicted molar refractivity (Wildman–Crippen MR) is 49.2 cm³/mol. The van der Waals surface area contributed by atoms with Gasteiger partial charge >= 0.3 is 0 Å². The number of nitrogens with two attached hydrogens (primary N) is 1. The van der Waals surface area contributed by atoms with Gasteiger partial charge < -0.3 is 11.1 Å². The van der Waals surface area contributed by atoms with Crippen LogP contribution < -0.4 is 11.1 Å². The first-order valence-corrected chi connectivity index (χ1v) is 3.90. The SMILES string of the molecule is CNC(=O)c1cc(Cl)cc(F)c1N. The third kappa shape index (κ3) is 1.89. The largest absolute Gasteiger partial charge is 0.396 e. The van der Waals surface area contributed by atoms with Crippen LogP contribution in [0.1, 0.15) is 10.4 Å². The Morgan fingerprint density at radius 3 is 2.77 bits per heavy atom. The Hall–Kier alpha value is -1.29. The molecule has 3 N–H and O–H groups in total. The van der Waals surface area contributed by atoms with Gasteiger partial charge in [-0.2, -0.15) is 0 Å². The molecule has 1 aromatic carbocycles. The number of hydrogen-bond acceptors (Lipinski definition) is 2. The number of nitrogen functional groups attached to an aromatic ring is 1. The van der Waals surface area contributed by atoms with E-state index < -0.39 is 11.7 Å².